The molecule has 23 heavy (non-hydrogen) atoms. The third kappa shape index (κ3) is 1.40. The molecule has 6 heteroatoms. The van der Waals surface area contributed by atoms with Crippen molar-refractivity contribution >= 4 is 17.9 Å². The summed E-state index contributed by atoms with van der Waals surface area (Å²) >= 11 is 0. The Hall–Kier alpha value is -1.59. The Morgan fingerprint density at radius 2 is 1.78 bits per heavy atom. The minimum Gasteiger partial charge on any atom is -0.462 e. The highest BCUT2D eigenvalue weighted by Crippen LogP contribution is 2.59. The largest absolute Gasteiger partial charge is 0.462 e. The van der Waals surface area contributed by atoms with E-state index in [0.29, 0.717) is 0 Å². The van der Waals surface area contributed by atoms with Crippen molar-refractivity contribution in [3.05, 3.63) is 0 Å². The third-order valence-electron chi connectivity index (χ3n) is 7.42. The Morgan fingerprint density at radius 3 is 2.65 bits per heavy atom. The van der Waals surface area contributed by atoms with E-state index in [2.05, 4.69) is 0 Å². The molecule has 6 rings (SSSR count). The second-order valence-corrected chi connectivity index (χ2v) is 8.23. The van der Waals surface area contributed by atoms with Gasteiger partial charge < -0.3 is 14.2 Å². The van der Waals surface area contributed by atoms with Gasteiger partial charge in [0.1, 0.15) is 18.3 Å². The first-order valence-corrected chi connectivity index (χ1v) is 8.73. The normalized spacial score (nSPS) is 57.0. The van der Waals surface area contributed by atoms with Crippen LogP contribution in [-0.4, -0.2) is 36.2 Å². The monoisotopic (exact) mass is 318 g/mol. The standard InChI is InChI=1S/C17H18O6/c18-15-8-3-6-2-7(8)14(23-15)13(6)22-16(19)11-5-1-9-10(4-5)21-17(20)12(9)11/h5-14H,1-4H2. The number of esters is 3. The van der Waals surface area contributed by atoms with Gasteiger partial charge in [0.05, 0.1) is 17.8 Å². The van der Waals surface area contributed by atoms with Gasteiger partial charge in [0.25, 0.3) is 0 Å². The smallest absolute Gasteiger partial charge is 0.310 e. The molecule has 6 nitrogen and oxygen atoms in total. The molecule has 0 radical (unpaired) electrons. The molecule has 10 unspecified atom stereocenters. The number of rotatable bonds is 2. The molecule has 2 saturated heterocycles. The van der Waals surface area contributed by atoms with E-state index >= 15 is 0 Å². The number of hydrogen-bond acceptors (Lipinski definition) is 6. The van der Waals surface area contributed by atoms with E-state index in [4.69, 9.17) is 14.2 Å². The molecule has 6 aliphatic rings. The zero-order valence-electron chi connectivity index (χ0n) is 12.6. The van der Waals surface area contributed by atoms with Crippen molar-refractivity contribution in [2.24, 2.45) is 41.4 Å². The summed E-state index contributed by atoms with van der Waals surface area (Å²) in [4.78, 5) is 36.6. The molecule has 0 aromatic carbocycles. The maximum atomic E-state index is 12.8. The van der Waals surface area contributed by atoms with Crippen LogP contribution in [0.15, 0.2) is 0 Å². The molecule has 4 saturated carbocycles. The van der Waals surface area contributed by atoms with Gasteiger partial charge in [-0.15, -0.1) is 0 Å². The van der Waals surface area contributed by atoms with E-state index in [1.165, 1.54) is 0 Å². The summed E-state index contributed by atoms with van der Waals surface area (Å²) in [5, 5.41) is 0. The van der Waals surface area contributed by atoms with Crippen molar-refractivity contribution in [2.75, 3.05) is 0 Å². The third-order valence-corrected chi connectivity index (χ3v) is 7.42. The first-order chi connectivity index (χ1) is 11.1. The van der Waals surface area contributed by atoms with Crippen molar-refractivity contribution in [1.29, 1.82) is 0 Å². The quantitative estimate of drug-likeness (QED) is 0.550. The molecular formula is C17H18O6. The molecule has 0 N–H and O–H groups in total. The van der Waals surface area contributed by atoms with Gasteiger partial charge in [0.15, 0.2) is 0 Å². The fraction of sp³-hybridized carbons (Fsp3) is 0.824. The Bertz CT molecular complexity index is 641. The summed E-state index contributed by atoms with van der Waals surface area (Å²) < 4.78 is 16.7. The summed E-state index contributed by atoms with van der Waals surface area (Å²) in [5.74, 6) is -0.346. The number of carbonyl (C=O) groups is 3. The minimum absolute atomic E-state index is 0.0213. The van der Waals surface area contributed by atoms with Crippen LogP contribution < -0.4 is 0 Å². The van der Waals surface area contributed by atoms with Crippen LogP contribution in [0.2, 0.25) is 0 Å². The van der Waals surface area contributed by atoms with Crippen molar-refractivity contribution in [3.63, 3.8) is 0 Å². The van der Waals surface area contributed by atoms with Crippen molar-refractivity contribution in [1.82, 2.24) is 0 Å². The lowest BCUT2D eigenvalue weighted by Gasteiger charge is -2.29. The zero-order valence-corrected chi connectivity index (χ0v) is 12.6. The topological polar surface area (TPSA) is 78.9 Å². The molecule has 0 aromatic rings. The molecule has 2 aliphatic heterocycles. The van der Waals surface area contributed by atoms with E-state index in [0.717, 1.165) is 25.7 Å². The predicted octanol–water partition coefficient (Wildman–Crippen LogP) is 0.677. The van der Waals surface area contributed by atoms with Crippen LogP contribution in [0, 0.1) is 41.4 Å². The minimum atomic E-state index is -0.349. The number of carbonyl (C=O) groups excluding carboxylic acids is 3. The number of hydrogen-bond donors (Lipinski definition) is 0. The van der Waals surface area contributed by atoms with Gasteiger partial charge in [-0.05, 0) is 31.6 Å². The molecule has 4 bridgehead atoms. The molecule has 2 heterocycles. The molecule has 4 aliphatic carbocycles. The predicted molar refractivity (Wildman–Crippen MR) is 72.5 cm³/mol. The lowest BCUT2D eigenvalue weighted by Crippen LogP contribution is -2.41. The van der Waals surface area contributed by atoms with E-state index in [9.17, 15) is 14.4 Å². The van der Waals surface area contributed by atoms with Crippen molar-refractivity contribution in [3.8, 4) is 0 Å². The summed E-state index contributed by atoms with van der Waals surface area (Å²) in [7, 11) is 0. The van der Waals surface area contributed by atoms with E-state index in [1.54, 1.807) is 0 Å². The fourth-order valence-electron chi connectivity index (χ4n) is 6.60. The molecule has 0 aromatic heterocycles. The number of fused-ring (bicyclic) bond motifs is 2. The highest BCUT2D eigenvalue weighted by atomic mass is 16.6. The molecule has 6 fully saturated rings. The summed E-state index contributed by atoms with van der Waals surface area (Å²) in [6.45, 7) is 0. The lowest BCUT2D eigenvalue weighted by molar-refractivity contribution is -0.169. The van der Waals surface area contributed by atoms with Gasteiger partial charge in [-0.25, -0.2) is 0 Å². The second kappa shape index (κ2) is 3.90. The molecular weight excluding hydrogens is 300 g/mol. The van der Waals surface area contributed by atoms with Gasteiger partial charge in [0.2, 0.25) is 0 Å². The van der Waals surface area contributed by atoms with Gasteiger partial charge >= 0.3 is 17.9 Å². The Morgan fingerprint density at radius 1 is 0.957 bits per heavy atom. The summed E-state index contributed by atoms with van der Waals surface area (Å²) in [6, 6.07) is 0. The Labute approximate surface area is 132 Å². The van der Waals surface area contributed by atoms with Gasteiger partial charge in [-0.1, -0.05) is 0 Å². The first-order valence-electron chi connectivity index (χ1n) is 8.73. The average molecular weight is 318 g/mol. The van der Waals surface area contributed by atoms with Crippen LogP contribution in [-0.2, 0) is 28.6 Å². The van der Waals surface area contributed by atoms with Crippen LogP contribution in [0.3, 0.4) is 0 Å². The zero-order chi connectivity index (χ0) is 15.5. The van der Waals surface area contributed by atoms with Crippen LogP contribution in [0.4, 0.5) is 0 Å². The van der Waals surface area contributed by atoms with E-state index in [-0.39, 0.29) is 77.6 Å². The molecule has 10 atom stereocenters. The van der Waals surface area contributed by atoms with Gasteiger partial charge in [-0.2, -0.15) is 0 Å². The summed E-state index contributed by atoms with van der Waals surface area (Å²) in [5.41, 5.74) is 0. The molecule has 0 amide bonds. The highest BCUT2D eigenvalue weighted by Gasteiger charge is 2.67. The first kappa shape index (κ1) is 12.8. The highest BCUT2D eigenvalue weighted by molar-refractivity contribution is 5.86. The lowest BCUT2D eigenvalue weighted by atomic mass is 9.80. The van der Waals surface area contributed by atoms with Gasteiger partial charge in [0, 0.05) is 17.8 Å². The van der Waals surface area contributed by atoms with Crippen LogP contribution in [0.1, 0.15) is 25.7 Å². The average Bonchev–Trinajstić information content (AvgIpc) is 3.26. The van der Waals surface area contributed by atoms with Crippen LogP contribution in [0.25, 0.3) is 0 Å². The van der Waals surface area contributed by atoms with Crippen LogP contribution in [0.5, 0.6) is 0 Å². The fourth-order valence-corrected chi connectivity index (χ4v) is 6.60. The van der Waals surface area contributed by atoms with E-state index in [1.807, 2.05) is 0 Å². The van der Waals surface area contributed by atoms with Gasteiger partial charge in [-0.3, -0.25) is 14.4 Å². The maximum absolute atomic E-state index is 12.8. The molecule has 122 valence electrons. The van der Waals surface area contributed by atoms with Crippen molar-refractivity contribution in [2.45, 2.75) is 44.0 Å². The Kier molecular flexibility index (Phi) is 2.17. The van der Waals surface area contributed by atoms with E-state index < -0.39 is 0 Å². The molecule has 0 spiro atoms. The SMILES string of the molecule is O=C1OC2C3CC(CC13)C2OC(=O)C1C2CC3OC(=O)C1C3C2. The van der Waals surface area contributed by atoms with Crippen molar-refractivity contribution < 1.29 is 28.6 Å². The van der Waals surface area contributed by atoms with Crippen LogP contribution >= 0.6 is 0 Å². The number of ether oxygens (including phenoxy) is 3. The Balaban J connectivity index is 1.24. The summed E-state index contributed by atoms with van der Waals surface area (Å²) in [6.07, 6.45) is 2.87. The maximum Gasteiger partial charge on any atom is 0.310 e. The second-order valence-electron chi connectivity index (χ2n) is 8.23.